The van der Waals surface area contributed by atoms with E-state index in [1.165, 1.54) is 11.8 Å². The zero-order valence-corrected chi connectivity index (χ0v) is 15.0. The zero-order chi connectivity index (χ0) is 17.7. The summed E-state index contributed by atoms with van der Waals surface area (Å²) in [6, 6.07) is 12.3. The predicted octanol–water partition coefficient (Wildman–Crippen LogP) is 4.08. The van der Waals surface area contributed by atoms with Gasteiger partial charge in [-0.3, -0.25) is 9.59 Å². The van der Waals surface area contributed by atoms with Gasteiger partial charge in [-0.05, 0) is 37.3 Å². The Balaban J connectivity index is 2.02. The van der Waals surface area contributed by atoms with Crippen molar-refractivity contribution in [2.75, 3.05) is 18.0 Å². The van der Waals surface area contributed by atoms with Gasteiger partial charge < -0.3 is 10.2 Å². The van der Waals surface area contributed by atoms with Crippen LogP contribution in [0.15, 0.2) is 42.5 Å². The molecule has 2 aromatic rings. The van der Waals surface area contributed by atoms with Crippen molar-refractivity contribution >= 4 is 40.7 Å². The molecule has 0 fully saturated rings. The number of nitrogens with zero attached hydrogens (tertiary/aromatic N) is 1. The molecule has 4 nitrogen and oxygen atoms in total. The van der Waals surface area contributed by atoms with Gasteiger partial charge in [0.25, 0.3) is 5.91 Å². The maximum absolute atomic E-state index is 12.1. The number of carbonyl (C=O) groups excluding carboxylic acids is 2. The molecule has 2 rings (SSSR count). The van der Waals surface area contributed by atoms with Gasteiger partial charge in [0.2, 0.25) is 5.91 Å². The molecule has 2 amide bonds. The second-order valence-corrected chi connectivity index (χ2v) is 6.24. The average molecular weight is 365 g/mol. The molecule has 0 bridgehead atoms. The summed E-state index contributed by atoms with van der Waals surface area (Å²) < 4.78 is 0. The molecule has 1 N–H and O–H groups in total. The number of nitrogens with one attached hydrogen (secondary N) is 1. The first-order chi connectivity index (χ1) is 11.4. The van der Waals surface area contributed by atoms with Crippen LogP contribution in [0.4, 0.5) is 5.69 Å². The van der Waals surface area contributed by atoms with Gasteiger partial charge in [0.05, 0.1) is 10.7 Å². The van der Waals surface area contributed by atoms with Crippen LogP contribution in [0, 0.1) is 6.92 Å². The minimum atomic E-state index is -0.176. The fourth-order valence-corrected chi connectivity index (χ4v) is 2.83. The number of carbonyl (C=O) groups is 2. The molecular formula is C18H18Cl2N2O2. The monoisotopic (exact) mass is 364 g/mol. The summed E-state index contributed by atoms with van der Waals surface area (Å²) in [6.45, 7) is 4.00. The first kappa shape index (κ1) is 18.3. The number of rotatable bonds is 5. The van der Waals surface area contributed by atoms with Crippen LogP contribution < -0.4 is 10.2 Å². The maximum atomic E-state index is 12.1. The normalized spacial score (nSPS) is 10.3. The van der Waals surface area contributed by atoms with Gasteiger partial charge in [-0.2, -0.15) is 0 Å². The third kappa shape index (κ3) is 4.73. The number of anilines is 1. The van der Waals surface area contributed by atoms with Crippen molar-refractivity contribution in [3.05, 3.63) is 63.6 Å². The Morgan fingerprint density at radius 3 is 2.50 bits per heavy atom. The van der Waals surface area contributed by atoms with E-state index in [-0.39, 0.29) is 11.8 Å². The molecule has 0 atom stereocenters. The molecule has 126 valence electrons. The lowest BCUT2D eigenvalue weighted by Gasteiger charge is -2.22. The Hall–Kier alpha value is -2.04. The van der Waals surface area contributed by atoms with Crippen molar-refractivity contribution in [1.82, 2.24) is 5.32 Å². The van der Waals surface area contributed by atoms with Gasteiger partial charge in [0, 0.05) is 30.6 Å². The van der Waals surface area contributed by atoms with E-state index < -0.39 is 0 Å². The van der Waals surface area contributed by atoms with Crippen molar-refractivity contribution in [2.24, 2.45) is 0 Å². The topological polar surface area (TPSA) is 49.4 Å². The fraction of sp³-hybridized carbons (Fsp3) is 0.222. The number of aryl methyl sites for hydroxylation is 1. The summed E-state index contributed by atoms with van der Waals surface area (Å²) in [7, 11) is 0. The molecule has 6 heteroatoms. The Bertz CT molecular complexity index is 762. The van der Waals surface area contributed by atoms with Crippen LogP contribution in [-0.2, 0) is 4.79 Å². The molecule has 0 aliphatic heterocycles. The SMILES string of the molecule is CC(=O)N(CCNC(=O)c1cccc(C)c1)c1ccc(Cl)cc1Cl. The second-order valence-electron chi connectivity index (χ2n) is 5.39. The molecule has 0 saturated heterocycles. The smallest absolute Gasteiger partial charge is 0.251 e. The molecule has 0 aliphatic rings. The van der Waals surface area contributed by atoms with Crippen molar-refractivity contribution in [2.45, 2.75) is 13.8 Å². The van der Waals surface area contributed by atoms with Crippen LogP contribution in [0.1, 0.15) is 22.8 Å². The average Bonchev–Trinajstić information content (AvgIpc) is 2.52. The standard InChI is InChI=1S/C18H18Cl2N2O2/c1-12-4-3-5-14(10-12)18(24)21-8-9-22(13(2)23)17-7-6-15(19)11-16(17)20/h3-7,10-11H,8-9H2,1-2H3,(H,21,24). The summed E-state index contributed by atoms with van der Waals surface area (Å²) in [4.78, 5) is 25.5. The van der Waals surface area contributed by atoms with E-state index in [4.69, 9.17) is 23.2 Å². The Labute approximate surface area is 151 Å². The fourth-order valence-electron chi connectivity index (χ4n) is 2.32. The summed E-state index contributed by atoms with van der Waals surface area (Å²) in [5.74, 6) is -0.339. The van der Waals surface area contributed by atoms with Crippen LogP contribution in [0.25, 0.3) is 0 Å². The van der Waals surface area contributed by atoms with Crippen LogP contribution in [-0.4, -0.2) is 24.9 Å². The molecule has 24 heavy (non-hydrogen) atoms. The van der Waals surface area contributed by atoms with Gasteiger partial charge in [-0.25, -0.2) is 0 Å². The van der Waals surface area contributed by atoms with Gasteiger partial charge >= 0.3 is 0 Å². The molecule has 0 aliphatic carbocycles. The lowest BCUT2D eigenvalue weighted by molar-refractivity contribution is -0.116. The van der Waals surface area contributed by atoms with E-state index in [1.54, 1.807) is 24.3 Å². The van der Waals surface area contributed by atoms with Gasteiger partial charge in [-0.15, -0.1) is 0 Å². The second kappa shape index (κ2) is 8.18. The number of benzene rings is 2. The lowest BCUT2D eigenvalue weighted by Crippen LogP contribution is -2.37. The van der Waals surface area contributed by atoms with E-state index in [2.05, 4.69) is 5.32 Å². The minimum Gasteiger partial charge on any atom is -0.350 e. The van der Waals surface area contributed by atoms with Gasteiger partial charge in [-0.1, -0.05) is 40.9 Å². The third-order valence-corrected chi connectivity index (χ3v) is 4.02. The highest BCUT2D eigenvalue weighted by Crippen LogP contribution is 2.28. The predicted molar refractivity (Wildman–Crippen MR) is 98.0 cm³/mol. The van der Waals surface area contributed by atoms with Crippen molar-refractivity contribution in [3.63, 3.8) is 0 Å². The molecule has 2 aromatic carbocycles. The van der Waals surface area contributed by atoms with Crippen LogP contribution in [0.2, 0.25) is 10.0 Å². The minimum absolute atomic E-state index is 0.163. The Morgan fingerprint density at radius 1 is 1.12 bits per heavy atom. The van der Waals surface area contributed by atoms with E-state index >= 15 is 0 Å². The molecule has 0 heterocycles. The lowest BCUT2D eigenvalue weighted by atomic mass is 10.1. The molecule has 0 saturated carbocycles. The Kier molecular flexibility index (Phi) is 6.23. The summed E-state index contributed by atoms with van der Waals surface area (Å²) >= 11 is 12.0. The van der Waals surface area contributed by atoms with Crippen molar-refractivity contribution < 1.29 is 9.59 Å². The molecular weight excluding hydrogens is 347 g/mol. The summed E-state index contributed by atoms with van der Waals surface area (Å²) in [5.41, 5.74) is 2.17. The number of amides is 2. The quantitative estimate of drug-likeness (QED) is 0.868. The molecule has 0 spiro atoms. The molecule has 0 unspecified atom stereocenters. The van der Waals surface area contributed by atoms with E-state index in [9.17, 15) is 9.59 Å². The number of hydrogen-bond acceptors (Lipinski definition) is 2. The van der Waals surface area contributed by atoms with Crippen molar-refractivity contribution in [1.29, 1.82) is 0 Å². The molecule has 0 aromatic heterocycles. The van der Waals surface area contributed by atoms with Gasteiger partial charge in [0.15, 0.2) is 0 Å². The highest BCUT2D eigenvalue weighted by molar-refractivity contribution is 6.36. The highest BCUT2D eigenvalue weighted by atomic mass is 35.5. The van der Waals surface area contributed by atoms with E-state index in [1.807, 2.05) is 25.1 Å². The Morgan fingerprint density at radius 2 is 1.88 bits per heavy atom. The van der Waals surface area contributed by atoms with Crippen LogP contribution in [0.5, 0.6) is 0 Å². The third-order valence-electron chi connectivity index (χ3n) is 3.48. The first-order valence-corrected chi connectivity index (χ1v) is 8.22. The van der Waals surface area contributed by atoms with Crippen LogP contribution >= 0.6 is 23.2 Å². The molecule has 0 radical (unpaired) electrons. The van der Waals surface area contributed by atoms with Crippen molar-refractivity contribution in [3.8, 4) is 0 Å². The summed E-state index contributed by atoms with van der Waals surface area (Å²) in [6.07, 6.45) is 0. The van der Waals surface area contributed by atoms with E-state index in [0.29, 0.717) is 34.4 Å². The largest absolute Gasteiger partial charge is 0.350 e. The van der Waals surface area contributed by atoms with Crippen LogP contribution in [0.3, 0.4) is 0 Å². The maximum Gasteiger partial charge on any atom is 0.251 e. The van der Waals surface area contributed by atoms with E-state index in [0.717, 1.165) is 5.56 Å². The zero-order valence-electron chi connectivity index (χ0n) is 13.5. The highest BCUT2D eigenvalue weighted by Gasteiger charge is 2.15. The van der Waals surface area contributed by atoms with Gasteiger partial charge in [0.1, 0.15) is 0 Å². The number of hydrogen-bond donors (Lipinski definition) is 1. The summed E-state index contributed by atoms with van der Waals surface area (Å²) in [5, 5.41) is 3.70. The number of halogens is 2. The first-order valence-electron chi connectivity index (χ1n) is 7.46.